The minimum Gasteiger partial charge on any atom is -0.339 e. The predicted octanol–water partition coefficient (Wildman–Crippen LogP) is 2.15. The summed E-state index contributed by atoms with van der Waals surface area (Å²) in [5.74, 6) is -1.75. The smallest absolute Gasteiger partial charge is 0.339 e. The number of fused-ring (bicyclic) bond motifs is 2. The molecular formula is C15H20F3N3O. The SMILES string of the molecule is CC1Cn2c(C(=O)C(F)(F)F)ccc2C2(CCNCC2)N1C. The molecule has 2 aliphatic heterocycles. The van der Waals surface area contributed by atoms with Crippen molar-refractivity contribution in [1.82, 2.24) is 14.8 Å². The second-order valence-electron chi connectivity index (χ2n) is 6.28. The summed E-state index contributed by atoms with van der Waals surface area (Å²) in [6, 6.07) is 3.12. The number of carbonyl (C=O) groups is 1. The highest BCUT2D eigenvalue weighted by Gasteiger charge is 2.48. The molecule has 1 aromatic rings. The van der Waals surface area contributed by atoms with Crippen molar-refractivity contribution in [3.63, 3.8) is 0 Å². The molecule has 122 valence electrons. The first-order chi connectivity index (χ1) is 10.3. The fourth-order valence-electron chi connectivity index (χ4n) is 3.85. The highest BCUT2D eigenvalue weighted by Crippen LogP contribution is 2.42. The van der Waals surface area contributed by atoms with E-state index in [0.717, 1.165) is 31.6 Å². The second-order valence-corrected chi connectivity index (χ2v) is 6.28. The van der Waals surface area contributed by atoms with Crippen molar-refractivity contribution in [2.75, 3.05) is 20.1 Å². The Hall–Kier alpha value is -1.34. The molecule has 0 aromatic carbocycles. The van der Waals surface area contributed by atoms with E-state index in [4.69, 9.17) is 0 Å². The third-order valence-corrected chi connectivity index (χ3v) is 5.16. The minimum atomic E-state index is -4.83. The molecule has 1 unspecified atom stereocenters. The molecule has 0 amide bonds. The van der Waals surface area contributed by atoms with Crippen molar-refractivity contribution in [3.05, 3.63) is 23.5 Å². The Bertz CT molecular complexity index is 587. The Morgan fingerprint density at radius 2 is 1.95 bits per heavy atom. The van der Waals surface area contributed by atoms with E-state index < -0.39 is 12.0 Å². The predicted molar refractivity (Wildman–Crippen MR) is 75.8 cm³/mol. The topological polar surface area (TPSA) is 37.3 Å². The van der Waals surface area contributed by atoms with Gasteiger partial charge in [0.05, 0.1) is 11.2 Å². The molecule has 4 nitrogen and oxygen atoms in total. The van der Waals surface area contributed by atoms with E-state index >= 15 is 0 Å². The van der Waals surface area contributed by atoms with E-state index in [0.29, 0.717) is 6.54 Å². The first-order valence-electron chi connectivity index (χ1n) is 7.52. The van der Waals surface area contributed by atoms with E-state index in [9.17, 15) is 18.0 Å². The first-order valence-corrected chi connectivity index (χ1v) is 7.52. The molecule has 1 saturated heterocycles. The van der Waals surface area contributed by atoms with Gasteiger partial charge in [-0.3, -0.25) is 9.69 Å². The molecule has 3 heterocycles. The van der Waals surface area contributed by atoms with Crippen LogP contribution in [0, 0.1) is 0 Å². The molecule has 1 fully saturated rings. The van der Waals surface area contributed by atoms with Crippen LogP contribution in [0.25, 0.3) is 0 Å². The Kier molecular flexibility index (Phi) is 3.60. The van der Waals surface area contributed by atoms with Gasteiger partial charge in [0.15, 0.2) is 0 Å². The zero-order chi connectivity index (χ0) is 16.1. The maximum Gasteiger partial charge on any atom is 0.456 e. The van der Waals surface area contributed by atoms with Gasteiger partial charge in [-0.2, -0.15) is 13.2 Å². The summed E-state index contributed by atoms with van der Waals surface area (Å²) < 4.78 is 40.0. The van der Waals surface area contributed by atoms with Gasteiger partial charge < -0.3 is 9.88 Å². The van der Waals surface area contributed by atoms with Gasteiger partial charge in [0.1, 0.15) is 0 Å². The van der Waals surface area contributed by atoms with Crippen molar-refractivity contribution < 1.29 is 18.0 Å². The standard InChI is InChI=1S/C15H20F3N3O/c1-10-9-21-11(13(22)15(16,17)18)3-4-12(21)14(20(10)2)5-7-19-8-6-14/h3-4,10,19H,5-9H2,1-2H3. The third kappa shape index (κ3) is 2.18. The number of aromatic nitrogens is 1. The summed E-state index contributed by atoms with van der Waals surface area (Å²) in [5.41, 5.74) is 0.315. The summed E-state index contributed by atoms with van der Waals surface area (Å²) in [7, 11) is 2.03. The Labute approximate surface area is 127 Å². The quantitative estimate of drug-likeness (QED) is 0.807. The summed E-state index contributed by atoms with van der Waals surface area (Å²) in [6.07, 6.45) is -3.17. The van der Waals surface area contributed by atoms with Crippen LogP contribution in [0.1, 0.15) is 35.9 Å². The molecule has 3 rings (SSSR count). The third-order valence-electron chi connectivity index (χ3n) is 5.16. The van der Waals surface area contributed by atoms with Gasteiger partial charge in [0.25, 0.3) is 5.78 Å². The van der Waals surface area contributed by atoms with Crippen LogP contribution in [-0.4, -0.2) is 47.6 Å². The lowest BCUT2D eigenvalue weighted by Crippen LogP contribution is -2.58. The van der Waals surface area contributed by atoms with Crippen molar-refractivity contribution in [2.24, 2.45) is 0 Å². The largest absolute Gasteiger partial charge is 0.456 e. The van der Waals surface area contributed by atoms with Crippen molar-refractivity contribution in [2.45, 2.75) is 44.1 Å². The molecule has 1 spiro atoms. The van der Waals surface area contributed by atoms with Crippen molar-refractivity contribution in [3.8, 4) is 0 Å². The van der Waals surface area contributed by atoms with Gasteiger partial charge in [-0.25, -0.2) is 0 Å². The lowest BCUT2D eigenvalue weighted by molar-refractivity contribution is -0.0893. The summed E-state index contributed by atoms with van der Waals surface area (Å²) in [5, 5.41) is 3.29. The lowest BCUT2D eigenvalue weighted by atomic mass is 9.81. The fraction of sp³-hybridized carbons (Fsp3) is 0.667. The van der Waals surface area contributed by atoms with Crippen LogP contribution in [0.4, 0.5) is 13.2 Å². The Morgan fingerprint density at radius 1 is 1.32 bits per heavy atom. The molecule has 1 aromatic heterocycles. The monoisotopic (exact) mass is 315 g/mol. The van der Waals surface area contributed by atoms with Crippen LogP contribution in [0.15, 0.2) is 12.1 Å². The molecule has 0 bridgehead atoms. The number of hydrogen-bond donors (Lipinski definition) is 1. The number of hydrogen-bond acceptors (Lipinski definition) is 3. The molecular weight excluding hydrogens is 295 g/mol. The number of nitrogens with zero attached hydrogens (tertiary/aromatic N) is 2. The minimum absolute atomic E-state index is 0.0813. The number of Topliss-reactive ketones (excluding diaryl/α,β-unsaturated/α-hetero) is 1. The van der Waals surface area contributed by atoms with E-state index in [1.165, 1.54) is 6.07 Å². The normalized spacial score (nSPS) is 25.2. The Balaban J connectivity index is 2.09. The summed E-state index contributed by atoms with van der Waals surface area (Å²) >= 11 is 0. The zero-order valence-electron chi connectivity index (χ0n) is 12.7. The van der Waals surface area contributed by atoms with E-state index in [1.807, 2.05) is 14.0 Å². The van der Waals surface area contributed by atoms with E-state index in [-0.39, 0.29) is 17.3 Å². The first kappa shape index (κ1) is 15.6. The molecule has 7 heteroatoms. The Morgan fingerprint density at radius 3 is 2.55 bits per heavy atom. The number of nitrogens with one attached hydrogen (secondary N) is 1. The number of rotatable bonds is 1. The van der Waals surface area contributed by atoms with Crippen LogP contribution in [0.5, 0.6) is 0 Å². The average molecular weight is 315 g/mol. The molecule has 0 saturated carbocycles. The number of alkyl halides is 3. The summed E-state index contributed by atoms with van der Waals surface area (Å²) in [6.45, 7) is 4.05. The van der Waals surface area contributed by atoms with E-state index in [1.54, 1.807) is 10.6 Å². The molecule has 22 heavy (non-hydrogen) atoms. The number of halogens is 3. The number of carbonyl (C=O) groups excluding carboxylic acids is 1. The van der Waals surface area contributed by atoms with Crippen LogP contribution < -0.4 is 5.32 Å². The van der Waals surface area contributed by atoms with E-state index in [2.05, 4.69) is 10.2 Å². The van der Waals surface area contributed by atoms with Gasteiger partial charge in [0.2, 0.25) is 0 Å². The molecule has 1 N–H and O–H groups in total. The summed E-state index contributed by atoms with van der Waals surface area (Å²) in [4.78, 5) is 13.9. The zero-order valence-corrected chi connectivity index (χ0v) is 12.7. The van der Waals surface area contributed by atoms with Gasteiger partial charge in [-0.05, 0) is 52.0 Å². The highest BCUT2D eigenvalue weighted by molar-refractivity contribution is 5.99. The maximum atomic E-state index is 12.8. The van der Waals surface area contributed by atoms with Crippen molar-refractivity contribution >= 4 is 5.78 Å². The maximum absolute atomic E-state index is 12.8. The number of likely N-dealkylation sites (N-methyl/N-ethyl adjacent to an activating group) is 1. The number of piperidine rings is 1. The fourth-order valence-corrected chi connectivity index (χ4v) is 3.85. The second kappa shape index (κ2) is 5.09. The van der Waals surface area contributed by atoms with Crippen LogP contribution in [0.2, 0.25) is 0 Å². The molecule has 1 atom stereocenters. The van der Waals surface area contributed by atoms with Gasteiger partial charge >= 0.3 is 6.18 Å². The molecule has 0 aliphatic carbocycles. The van der Waals surface area contributed by atoms with Gasteiger partial charge in [0, 0.05) is 18.3 Å². The van der Waals surface area contributed by atoms with Crippen molar-refractivity contribution in [1.29, 1.82) is 0 Å². The van der Waals surface area contributed by atoms with Crippen LogP contribution >= 0.6 is 0 Å². The van der Waals surface area contributed by atoms with Crippen LogP contribution in [-0.2, 0) is 12.1 Å². The van der Waals surface area contributed by atoms with Gasteiger partial charge in [-0.15, -0.1) is 0 Å². The molecule has 0 radical (unpaired) electrons. The van der Waals surface area contributed by atoms with Crippen LogP contribution in [0.3, 0.4) is 0 Å². The van der Waals surface area contributed by atoms with Gasteiger partial charge in [-0.1, -0.05) is 0 Å². The number of ketones is 1. The molecule has 2 aliphatic rings. The lowest BCUT2D eigenvalue weighted by Gasteiger charge is -2.51. The average Bonchev–Trinajstić information content (AvgIpc) is 2.88. The highest BCUT2D eigenvalue weighted by atomic mass is 19.4.